The molecule has 0 saturated heterocycles. The first-order valence-electron chi connectivity index (χ1n) is 6.03. The van der Waals surface area contributed by atoms with Crippen LogP contribution in [0.5, 0.6) is 0 Å². The summed E-state index contributed by atoms with van der Waals surface area (Å²) in [5, 5.41) is 3.33. The second-order valence-electron chi connectivity index (χ2n) is 4.16. The molecule has 0 amide bonds. The van der Waals surface area contributed by atoms with Crippen molar-refractivity contribution in [2.24, 2.45) is 0 Å². The van der Waals surface area contributed by atoms with Crippen molar-refractivity contribution in [3.8, 4) is 0 Å². The lowest BCUT2D eigenvalue weighted by Gasteiger charge is -2.19. The number of nitrogen functional groups attached to an aromatic ring is 1. The molecule has 1 rings (SSSR count). The molecule has 1 atom stereocenters. The third-order valence-corrected chi connectivity index (χ3v) is 4.97. The quantitative estimate of drug-likeness (QED) is 0.668. The molecule has 0 aromatic heterocycles. The highest BCUT2D eigenvalue weighted by Crippen LogP contribution is 2.24. The van der Waals surface area contributed by atoms with Gasteiger partial charge in [0.25, 0.3) is 0 Å². The Kier molecular flexibility index (Phi) is 5.96. The van der Waals surface area contributed by atoms with E-state index in [0.717, 1.165) is 17.9 Å². The van der Waals surface area contributed by atoms with Crippen LogP contribution in [0.3, 0.4) is 0 Å². The van der Waals surface area contributed by atoms with E-state index in [9.17, 15) is 8.42 Å². The number of hydrogen-bond acceptors (Lipinski definition) is 5. The second-order valence-corrected chi connectivity index (χ2v) is 6.96. The molecule has 0 fully saturated rings. The molecule has 0 bridgehead atoms. The third kappa shape index (κ3) is 4.29. The number of rotatable bonds is 7. The summed E-state index contributed by atoms with van der Waals surface area (Å²) in [5.41, 5.74) is 7.13. The van der Waals surface area contributed by atoms with Crippen LogP contribution in [0.2, 0.25) is 0 Å². The number of nitrogens with one attached hydrogen (secondary N) is 2. The molecule has 0 radical (unpaired) electrons. The van der Waals surface area contributed by atoms with Gasteiger partial charge in [-0.05, 0) is 37.9 Å². The highest BCUT2D eigenvalue weighted by atomic mass is 32.2. The van der Waals surface area contributed by atoms with Crippen LogP contribution in [-0.2, 0) is 10.0 Å². The SMILES string of the molecule is CCC(CSC)Nc1ccc(S(=O)(=O)NC)cc1N. The monoisotopic (exact) mass is 303 g/mol. The van der Waals surface area contributed by atoms with Crippen molar-refractivity contribution in [3.63, 3.8) is 0 Å². The lowest BCUT2D eigenvalue weighted by molar-refractivity contribution is 0.588. The summed E-state index contributed by atoms with van der Waals surface area (Å²) < 4.78 is 25.6. The normalized spacial score (nSPS) is 13.2. The van der Waals surface area contributed by atoms with Gasteiger partial charge in [0.1, 0.15) is 0 Å². The van der Waals surface area contributed by atoms with Crippen molar-refractivity contribution in [1.29, 1.82) is 0 Å². The summed E-state index contributed by atoms with van der Waals surface area (Å²) in [5.74, 6) is 0.979. The number of hydrogen-bond donors (Lipinski definition) is 3. The van der Waals surface area contributed by atoms with Crippen LogP contribution in [0, 0.1) is 0 Å². The van der Waals surface area contributed by atoms with Crippen LogP contribution in [0.4, 0.5) is 11.4 Å². The molecule has 19 heavy (non-hydrogen) atoms. The largest absolute Gasteiger partial charge is 0.397 e. The van der Waals surface area contributed by atoms with Gasteiger partial charge in [0.15, 0.2) is 0 Å². The van der Waals surface area contributed by atoms with Crippen LogP contribution in [0.15, 0.2) is 23.1 Å². The smallest absolute Gasteiger partial charge is 0.240 e. The van der Waals surface area contributed by atoms with Gasteiger partial charge in [-0.3, -0.25) is 0 Å². The summed E-state index contributed by atoms with van der Waals surface area (Å²) in [7, 11) is -2.07. The highest BCUT2D eigenvalue weighted by Gasteiger charge is 2.14. The number of thioether (sulfide) groups is 1. The first kappa shape index (κ1) is 16.1. The zero-order valence-electron chi connectivity index (χ0n) is 11.4. The summed E-state index contributed by atoms with van der Waals surface area (Å²) in [6.45, 7) is 2.10. The van der Waals surface area contributed by atoms with Gasteiger partial charge in [0, 0.05) is 11.8 Å². The van der Waals surface area contributed by atoms with E-state index >= 15 is 0 Å². The molecular formula is C12H21N3O2S2. The van der Waals surface area contributed by atoms with Gasteiger partial charge >= 0.3 is 0 Å². The molecule has 0 saturated carbocycles. The minimum atomic E-state index is -3.44. The Balaban J connectivity index is 2.95. The van der Waals surface area contributed by atoms with Gasteiger partial charge in [-0.15, -0.1) is 0 Å². The molecule has 0 spiro atoms. The molecule has 0 aliphatic rings. The number of nitrogens with two attached hydrogens (primary N) is 1. The Hall–Kier alpha value is -0.920. The highest BCUT2D eigenvalue weighted by molar-refractivity contribution is 7.98. The minimum Gasteiger partial charge on any atom is -0.397 e. The van der Waals surface area contributed by atoms with Crippen LogP contribution in [-0.4, -0.2) is 33.5 Å². The Labute approximate surface area is 119 Å². The molecule has 5 nitrogen and oxygen atoms in total. The third-order valence-electron chi connectivity index (χ3n) is 2.82. The van der Waals surface area contributed by atoms with Crippen LogP contribution < -0.4 is 15.8 Å². The zero-order chi connectivity index (χ0) is 14.5. The van der Waals surface area contributed by atoms with E-state index in [2.05, 4.69) is 23.2 Å². The van der Waals surface area contributed by atoms with E-state index in [-0.39, 0.29) is 4.90 Å². The van der Waals surface area contributed by atoms with E-state index in [1.54, 1.807) is 23.9 Å². The molecule has 0 aliphatic heterocycles. The van der Waals surface area contributed by atoms with E-state index in [1.807, 2.05) is 0 Å². The Morgan fingerprint density at radius 1 is 1.42 bits per heavy atom. The molecule has 7 heteroatoms. The first-order valence-corrected chi connectivity index (χ1v) is 8.90. The summed E-state index contributed by atoms with van der Waals surface area (Å²) in [6.07, 6.45) is 3.03. The first-order chi connectivity index (χ1) is 8.94. The van der Waals surface area contributed by atoms with Gasteiger partial charge in [0.2, 0.25) is 10.0 Å². The topological polar surface area (TPSA) is 84.2 Å². The Morgan fingerprint density at radius 2 is 2.11 bits per heavy atom. The molecule has 0 heterocycles. The molecule has 0 aliphatic carbocycles. The van der Waals surface area contributed by atoms with Crippen molar-refractivity contribution in [1.82, 2.24) is 4.72 Å². The predicted octanol–water partition coefficient (Wildman–Crippen LogP) is 1.73. The van der Waals surface area contributed by atoms with E-state index in [0.29, 0.717) is 11.7 Å². The van der Waals surface area contributed by atoms with Crippen molar-refractivity contribution in [2.75, 3.05) is 30.1 Å². The summed E-state index contributed by atoms with van der Waals surface area (Å²) in [4.78, 5) is 0.177. The standard InChI is InChI=1S/C12H21N3O2S2/c1-4-9(8-18-3)15-12-6-5-10(7-11(12)13)19(16,17)14-2/h5-7,9,14-15H,4,8,13H2,1-3H3. The lowest BCUT2D eigenvalue weighted by Crippen LogP contribution is -2.22. The second kappa shape index (κ2) is 7.02. The maximum absolute atomic E-state index is 11.7. The van der Waals surface area contributed by atoms with Crippen molar-refractivity contribution in [2.45, 2.75) is 24.3 Å². The van der Waals surface area contributed by atoms with Gasteiger partial charge in [-0.1, -0.05) is 6.92 Å². The van der Waals surface area contributed by atoms with Crippen molar-refractivity contribution < 1.29 is 8.42 Å². The van der Waals surface area contributed by atoms with Crippen molar-refractivity contribution in [3.05, 3.63) is 18.2 Å². The molecule has 108 valence electrons. The average Bonchev–Trinajstić information content (AvgIpc) is 2.40. The predicted molar refractivity (Wildman–Crippen MR) is 83.2 cm³/mol. The van der Waals surface area contributed by atoms with E-state index in [4.69, 9.17) is 5.73 Å². The maximum atomic E-state index is 11.7. The fraction of sp³-hybridized carbons (Fsp3) is 0.500. The summed E-state index contributed by atoms with van der Waals surface area (Å²) >= 11 is 1.76. The van der Waals surface area contributed by atoms with Gasteiger partial charge in [-0.2, -0.15) is 11.8 Å². The van der Waals surface area contributed by atoms with Gasteiger partial charge in [-0.25, -0.2) is 13.1 Å². The maximum Gasteiger partial charge on any atom is 0.240 e. The van der Waals surface area contributed by atoms with Crippen LogP contribution in [0.25, 0.3) is 0 Å². The van der Waals surface area contributed by atoms with Crippen LogP contribution >= 0.6 is 11.8 Å². The van der Waals surface area contributed by atoms with Crippen LogP contribution in [0.1, 0.15) is 13.3 Å². The van der Waals surface area contributed by atoms with Crippen molar-refractivity contribution >= 4 is 33.2 Å². The van der Waals surface area contributed by atoms with Gasteiger partial charge in [0.05, 0.1) is 16.3 Å². The molecule has 1 unspecified atom stereocenters. The fourth-order valence-corrected chi connectivity index (χ4v) is 3.13. The molecule has 4 N–H and O–H groups in total. The Bertz CT molecular complexity index is 518. The minimum absolute atomic E-state index is 0.177. The number of sulfonamides is 1. The molecular weight excluding hydrogens is 282 g/mol. The van der Waals surface area contributed by atoms with E-state index < -0.39 is 10.0 Å². The van der Waals surface area contributed by atoms with E-state index in [1.165, 1.54) is 13.1 Å². The average molecular weight is 303 g/mol. The molecule has 1 aromatic carbocycles. The van der Waals surface area contributed by atoms with Gasteiger partial charge < -0.3 is 11.1 Å². The fourth-order valence-electron chi connectivity index (χ4n) is 1.64. The number of anilines is 2. The Morgan fingerprint density at radius 3 is 2.58 bits per heavy atom. The number of benzene rings is 1. The lowest BCUT2D eigenvalue weighted by atomic mass is 10.2. The summed E-state index contributed by atoms with van der Waals surface area (Å²) in [6, 6.07) is 5.06. The molecule has 1 aromatic rings. The zero-order valence-corrected chi connectivity index (χ0v) is 13.1.